The molecule has 0 radical (unpaired) electrons. The number of aryl methyl sites for hydroxylation is 1. The smallest absolute Gasteiger partial charge is 0.256 e. The van der Waals surface area contributed by atoms with Crippen molar-refractivity contribution in [1.29, 1.82) is 0 Å². The summed E-state index contributed by atoms with van der Waals surface area (Å²) in [6.07, 6.45) is 0. The van der Waals surface area contributed by atoms with E-state index in [0.717, 1.165) is 16.8 Å². The predicted molar refractivity (Wildman–Crippen MR) is 76.7 cm³/mol. The molecule has 1 saturated heterocycles. The molecule has 19 heavy (non-hydrogen) atoms. The van der Waals surface area contributed by atoms with E-state index in [-0.39, 0.29) is 11.4 Å². The number of carbonyl (C=O) groups excluding carboxylic acids is 1. The van der Waals surface area contributed by atoms with Crippen LogP contribution in [0.15, 0.2) is 18.2 Å². The molecule has 2 rings (SSSR count). The molecular weight excluding hydrogens is 240 g/mol. The number of benzene rings is 1. The fraction of sp³-hybridized carbons (Fsp3) is 0.533. The Bertz CT molecular complexity index is 483. The zero-order chi connectivity index (χ0) is 14.0. The van der Waals surface area contributed by atoms with Crippen LogP contribution in [-0.2, 0) is 4.74 Å². The lowest BCUT2D eigenvalue weighted by Crippen LogP contribution is -2.55. The number of carbonyl (C=O) groups is 1. The van der Waals surface area contributed by atoms with Crippen LogP contribution in [-0.4, -0.2) is 43.2 Å². The summed E-state index contributed by atoms with van der Waals surface area (Å²) in [4.78, 5) is 14.6. The van der Waals surface area contributed by atoms with Crippen molar-refractivity contribution in [3.8, 4) is 0 Å². The number of rotatable bonds is 2. The van der Waals surface area contributed by atoms with Crippen molar-refractivity contribution in [3.05, 3.63) is 29.3 Å². The summed E-state index contributed by atoms with van der Waals surface area (Å²) in [5, 5.41) is 3.10. The number of morpholine rings is 1. The van der Waals surface area contributed by atoms with Gasteiger partial charge in [0.15, 0.2) is 0 Å². The Hall–Kier alpha value is -1.55. The average Bonchev–Trinajstić information content (AvgIpc) is 2.37. The first-order valence-corrected chi connectivity index (χ1v) is 6.64. The second kappa shape index (κ2) is 5.21. The van der Waals surface area contributed by atoms with Crippen molar-refractivity contribution < 1.29 is 9.53 Å². The second-order valence-corrected chi connectivity index (χ2v) is 5.62. The van der Waals surface area contributed by atoms with Gasteiger partial charge in [-0.15, -0.1) is 0 Å². The molecule has 1 amide bonds. The van der Waals surface area contributed by atoms with E-state index in [1.54, 1.807) is 0 Å². The van der Waals surface area contributed by atoms with Gasteiger partial charge in [-0.2, -0.15) is 0 Å². The SMILES string of the molecule is CNc1cc(C)ccc1C(=O)N1CCOCC1(C)C. The van der Waals surface area contributed by atoms with Gasteiger partial charge in [0, 0.05) is 19.3 Å². The third kappa shape index (κ3) is 2.73. The van der Waals surface area contributed by atoms with E-state index in [9.17, 15) is 4.79 Å². The van der Waals surface area contributed by atoms with Gasteiger partial charge in [0.2, 0.25) is 0 Å². The van der Waals surface area contributed by atoms with Crippen LogP contribution in [0.4, 0.5) is 5.69 Å². The number of ether oxygens (including phenoxy) is 1. The summed E-state index contributed by atoms with van der Waals surface area (Å²) in [7, 11) is 1.84. The van der Waals surface area contributed by atoms with Crippen LogP contribution in [0.1, 0.15) is 29.8 Å². The van der Waals surface area contributed by atoms with Crippen LogP contribution in [0.25, 0.3) is 0 Å². The van der Waals surface area contributed by atoms with Crippen molar-refractivity contribution in [2.75, 3.05) is 32.1 Å². The van der Waals surface area contributed by atoms with E-state index in [1.807, 2.05) is 50.9 Å². The van der Waals surface area contributed by atoms with Gasteiger partial charge in [-0.3, -0.25) is 4.79 Å². The molecule has 4 heteroatoms. The molecule has 4 nitrogen and oxygen atoms in total. The van der Waals surface area contributed by atoms with Gasteiger partial charge in [0.25, 0.3) is 5.91 Å². The number of nitrogens with one attached hydrogen (secondary N) is 1. The molecule has 0 unspecified atom stereocenters. The summed E-state index contributed by atoms with van der Waals surface area (Å²) in [6.45, 7) is 7.93. The van der Waals surface area contributed by atoms with Crippen LogP contribution in [0.3, 0.4) is 0 Å². The topological polar surface area (TPSA) is 41.6 Å². The lowest BCUT2D eigenvalue weighted by molar-refractivity contribution is -0.0370. The Balaban J connectivity index is 2.33. The minimum absolute atomic E-state index is 0.0673. The second-order valence-electron chi connectivity index (χ2n) is 5.62. The normalized spacial score (nSPS) is 18.2. The maximum absolute atomic E-state index is 12.7. The predicted octanol–water partition coefficient (Wildman–Crippen LogP) is 2.29. The third-order valence-electron chi connectivity index (χ3n) is 3.57. The first-order chi connectivity index (χ1) is 8.95. The average molecular weight is 262 g/mol. The maximum Gasteiger partial charge on any atom is 0.256 e. The molecule has 1 heterocycles. The number of amides is 1. The van der Waals surface area contributed by atoms with Gasteiger partial charge in [0.05, 0.1) is 24.3 Å². The van der Waals surface area contributed by atoms with E-state index >= 15 is 0 Å². The van der Waals surface area contributed by atoms with Crippen molar-refractivity contribution in [1.82, 2.24) is 4.90 Å². The van der Waals surface area contributed by atoms with E-state index in [2.05, 4.69) is 5.32 Å². The van der Waals surface area contributed by atoms with E-state index in [0.29, 0.717) is 19.8 Å². The Morgan fingerprint density at radius 2 is 2.16 bits per heavy atom. The molecule has 0 spiro atoms. The highest BCUT2D eigenvalue weighted by Crippen LogP contribution is 2.25. The molecule has 1 N–H and O–H groups in total. The Labute approximate surface area is 114 Å². The molecule has 1 aliphatic rings. The van der Waals surface area contributed by atoms with E-state index in [1.165, 1.54) is 0 Å². The maximum atomic E-state index is 12.7. The van der Waals surface area contributed by atoms with Crippen LogP contribution in [0, 0.1) is 6.92 Å². The fourth-order valence-corrected chi connectivity index (χ4v) is 2.43. The van der Waals surface area contributed by atoms with Gasteiger partial charge in [-0.05, 0) is 38.5 Å². The van der Waals surface area contributed by atoms with Crippen molar-refractivity contribution >= 4 is 11.6 Å². The number of hydrogen-bond acceptors (Lipinski definition) is 3. The molecule has 0 atom stereocenters. The molecule has 1 fully saturated rings. The van der Waals surface area contributed by atoms with Crippen LogP contribution < -0.4 is 5.32 Å². The van der Waals surface area contributed by atoms with Crippen LogP contribution in [0.5, 0.6) is 0 Å². The Morgan fingerprint density at radius 1 is 1.42 bits per heavy atom. The Kier molecular flexibility index (Phi) is 3.80. The van der Waals surface area contributed by atoms with Gasteiger partial charge in [-0.1, -0.05) is 6.07 Å². The number of anilines is 1. The fourth-order valence-electron chi connectivity index (χ4n) is 2.43. The van der Waals surface area contributed by atoms with Gasteiger partial charge in [0.1, 0.15) is 0 Å². The molecular formula is C15H22N2O2. The van der Waals surface area contributed by atoms with Crippen molar-refractivity contribution in [2.45, 2.75) is 26.3 Å². The molecule has 1 aliphatic heterocycles. The highest BCUT2D eigenvalue weighted by Gasteiger charge is 2.35. The minimum atomic E-state index is -0.259. The first-order valence-electron chi connectivity index (χ1n) is 6.64. The summed E-state index contributed by atoms with van der Waals surface area (Å²) in [5.74, 6) is 0.0673. The summed E-state index contributed by atoms with van der Waals surface area (Å²) >= 11 is 0. The van der Waals surface area contributed by atoms with Crippen molar-refractivity contribution in [2.24, 2.45) is 0 Å². The quantitative estimate of drug-likeness (QED) is 0.889. The highest BCUT2D eigenvalue weighted by atomic mass is 16.5. The Morgan fingerprint density at radius 3 is 2.79 bits per heavy atom. The summed E-state index contributed by atoms with van der Waals surface area (Å²) < 4.78 is 5.47. The van der Waals surface area contributed by atoms with E-state index < -0.39 is 0 Å². The number of hydrogen-bond donors (Lipinski definition) is 1. The van der Waals surface area contributed by atoms with Crippen molar-refractivity contribution in [3.63, 3.8) is 0 Å². The molecule has 0 aromatic heterocycles. The summed E-state index contributed by atoms with van der Waals surface area (Å²) in [6, 6.07) is 5.87. The largest absolute Gasteiger partial charge is 0.387 e. The first kappa shape index (κ1) is 13.9. The third-order valence-corrected chi connectivity index (χ3v) is 3.57. The number of nitrogens with zero attached hydrogens (tertiary/aromatic N) is 1. The lowest BCUT2D eigenvalue weighted by Gasteiger charge is -2.42. The lowest BCUT2D eigenvalue weighted by atomic mass is 10.00. The zero-order valence-corrected chi connectivity index (χ0v) is 12.1. The highest BCUT2D eigenvalue weighted by molar-refractivity contribution is 6.00. The molecule has 0 bridgehead atoms. The standard InChI is InChI=1S/C15H22N2O2/c1-11-5-6-12(13(9-11)16-4)14(18)17-7-8-19-10-15(17,2)3/h5-6,9,16H,7-8,10H2,1-4H3. The monoisotopic (exact) mass is 262 g/mol. The molecule has 1 aromatic carbocycles. The summed E-state index contributed by atoms with van der Waals surface area (Å²) in [5.41, 5.74) is 2.49. The van der Waals surface area contributed by atoms with Gasteiger partial charge in [-0.25, -0.2) is 0 Å². The minimum Gasteiger partial charge on any atom is -0.387 e. The molecule has 1 aromatic rings. The van der Waals surface area contributed by atoms with E-state index in [4.69, 9.17) is 4.74 Å². The van der Waals surface area contributed by atoms with Crippen LogP contribution >= 0.6 is 0 Å². The molecule has 104 valence electrons. The molecule has 0 aliphatic carbocycles. The van der Waals surface area contributed by atoms with Crippen LogP contribution in [0.2, 0.25) is 0 Å². The molecule has 0 saturated carbocycles. The zero-order valence-electron chi connectivity index (χ0n) is 12.1. The van der Waals surface area contributed by atoms with Gasteiger partial charge >= 0.3 is 0 Å². The van der Waals surface area contributed by atoms with Gasteiger partial charge < -0.3 is 15.0 Å².